The first-order chi connectivity index (χ1) is 8.28. The molecule has 0 saturated heterocycles. The van der Waals surface area contributed by atoms with Crippen molar-refractivity contribution in [2.45, 2.75) is 6.61 Å². The van der Waals surface area contributed by atoms with Crippen LogP contribution in [-0.4, -0.2) is 5.11 Å². The molecule has 0 unspecified atom stereocenters. The summed E-state index contributed by atoms with van der Waals surface area (Å²) >= 11 is 0. The van der Waals surface area contributed by atoms with Crippen molar-refractivity contribution in [3.63, 3.8) is 0 Å². The molecule has 0 fully saturated rings. The van der Waals surface area contributed by atoms with Crippen LogP contribution in [0.25, 0.3) is 12.2 Å². The summed E-state index contributed by atoms with van der Waals surface area (Å²) in [6.07, 6.45) is 3.88. The second-order valence-electron chi connectivity index (χ2n) is 3.78. The highest BCUT2D eigenvalue weighted by Crippen LogP contribution is 2.10. The van der Waals surface area contributed by atoms with Gasteiger partial charge >= 0.3 is 0 Å². The maximum absolute atomic E-state index is 12.7. The Labute approximate surface area is 99.9 Å². The quantitative estimate of drug-likeness (QED) is 0.797. The van der Waals surface area contributed by atoms with Gasteiger partial charge in [0, 0.05) is 0 Å². The third-order valence-electron chi connectivity index (χ3n) is 2.50. The van der Waals surface area contributed by atoms with Crippen LogP contribution in [0.15, 0.2) is 48.5 Å². The van der Waals surface area contributed by atoms with E-state index >= 15 is 0 Å². The Morgan fingerprint density at radius 1 is 0.824 bits per heavy atom. The first kappa shape index (κ1) is 11.6. The van der Waals surface area contributed by atoms with Gasteiger partial charge < -0.3 is 5.11 Å². The molecule has 0 saturated carbocycles. The molecule has 0 aliphatic heterocycles. The van der Waals surface area contributed by atoms with Crippen LogP contribution in [0.4, 0.5) is 4.39 Å². The predicted molar refractivity (Wildman–Crippen MR) is 67.7 cm³/mol. The fraction of sp³-hybridized carbons (Fsp3) is 0.0667. The molecule has 86 valence electrons. The summed E-state index contributed by atoms with van der Waals surface area (Å²) in [5.41, 5.74) is 2.90. The van der Waals surface area contributed by atoms with Crippen LogP contribution in [0.5, 0.6) is 0 Å². The molecular formula is C15H13FO. The molecule has 0 amide bonds. The highest BCUT2D eigenvalue weighted by Gasteiger charge is 1.91. The lowest BCUT2D eigenvalue weighted by Crippen LogP contribution is -1.81. The summed E-state index contributed by atoms with van der Waals surface area (Å²) in [6.45, 7) is 0.0575. The van der Waals surface area contributed by atoms with E-state index in [0.29, 0.717) is 0 Å². The molecule has 17 heavy (non-hydrogen) atoms. The van der Waals surface area contributed by atoms with E-state index in [4.69, 9.17) is 5.11 Å². The van der Waals surface area contributed by atoms with Gasteiger partial charge in [0.1, 0.15) is 5.82 Å². The average molecular weight is 228 g/mol. The van der Waals surface area contributed by atoms with Crippen molar-refractivity contribution in [2.75, 3.05) is 0 Å². The van der Waals surface area contributed by atoms with E-state index in [1.165, 1.54) is 12.1 Å². The van der Waals surface area contributed by atoms with Gasteiger partial charge in [-0.15, -0.1) is 0 Å². The lowest BCUT2D eigenvalue weighted by atomic mass is 10.1. The van der Waals surface area contributed by atoms with Crippen molar-refractivity contribution >= 4 is 12.2 Å². The van der Waals surface area contributed by atoms with Gasteiger partial charge in [0.05, 0.1) is 6.61 Å². The van der Waals surface area contributed by atoms with E-state index in [1.54, 1.807) is 12.1 Å². The van der Waals surface area contributed by atoms with Gasteiger partial charge in [-0.3, -0.25) is 0 Å². The van der Waals surface area contributed by atoms with E-state index in [9.17, 15) is 4.39 Å². The van der Waals surface area contributed by atoms with Crippen LogP contribution in [-0.2, 0) is 6.61 Å². The van der Waals surface area contributed by atoms with Crippen molar-refractivity contribution in [1.82, 2.24) is 0 Å². The second-order valence-corrected chi connectivity index (χ2v) is 3.78. The van der Waals surface area contributed by atoms with Crippen LogP contribution in [0.2, 0.25) is 0 Å². The standard InChI is InChI=1S/C15H13FO/c16-15-9-7-13(8-10-15)2-1-12-3-5-14(11-17)6-4-12/h1-10,17H,11H2/b2-1+. The van der Waals surface area contributed by atoms with Crippen LogP contribution < -0.4 is 0 Å². The highest BCUT2D eigenvalue weighted by molar-refractivity contribution is 5.69. The molecule has 1 N–H and O–H groups in total. The molecule has 0 bridgehead atoms. The molecule has 0 heterocycles. The number of hydrogen-bond acceptors (Lipinski definition) is 1. The fourth-order valence-electron chi connectivity index (χ4n) is 1.50. The van der Waals surface area contributed by atoms with Gasteiger partial charge in [-0.05, 0) is 28.8 Å². The topological polar surface area (TPSA) is 20.2 Å². The number of halogens is 1. The van der Waals surface area contributed by atoms with E-state index in [0.717, 1.165) is 16.7 Å². The predicted octanol–water partition coefficient (Wildman–Crippen LogP) is 3.49. The van der Waals surface area contributed by atoms with Gasteiger partial charge in [-0.2, -0.15) is 0 Å². The summed E-state index contributed by atoms with van der Waals surface area (Å²) in [7, 11) is 0. The minimum atomic E-state index is -0.227. The van der Waals surface area contributed by atoms with Crippen molar-refractivity contribution < 1.29 is 9.50 Å². The van der Waals surface area contributed by atoms with Crippen molar-refractivity contribution in [2.24, 2.45) is 0 Å². The van der Waals surface area contributed by atoms with Crippen molar-refractivity contribution in [3.8, 4) is 0 Å². The zero-order valence-corrected chi connectivity index (χ0v) is 9.31. The van der Waals surface area contributed by atoms with Crippen LogP contribution in [0.1, 0.15) is 16.7 Å². The molecule has 2 heteroatoms. The first-order valence-corrected chi connectivity index (χ1v) is 5.41. The fourth-order valence-corrected chi connectivity index (χ4v) is 1.50. The molecule has 2 aromatic rings. The van der Waals surface area contributed by atoms with Crippen LogP contribution >= 0.6 is 0 Å². The zero-order valence-electron chi connectivity index (χ0n) is 9.31. The van der Waals surface area contributed by atoms with Crippen molar-refractivity contribution in [1.29, 1.82) is 0 Å². The Hall–Kier alpha value is -1.93. The number of aliphatic hydroxyl groups excluding tert-OH is 1. The second kappa shape index (κ2) is 5.41. The summed E-state index contributed by atoms with van der Waals surface area (Å²) in [5.74, 6) is -0.227. The maximum Gasteiger partial charge on any atom is 0.123 e. The molecule has 0 aliphatic carbocycles. The van der Waals surface area contributed by atoms with Gasteiger partial charge in [0.15, 0.2) is 0 Å². The molecular weight excluding hydrogens is 215 g/mol. The molecule has 0 atom stereocenters. The normalized spacial score (nSPS) is 10.9. The van der Waals surface area contributed by atoms with Crippen molar-refractivity contribution in [3.05, 3.63) is 71.0 Å². The number of aliphatic hydroxyl groups is 1. The summed E-state index contributed by atoms with van der Waals surface area (Å²) in [4.78, 5) is 0. The average Bonchev–Trinajstić information content (AvgIpc) is 2.39. The number of rotatable bonds is 3. The number of benzene rings is 2. The van der Waals surface area contributed by atoms with Gasteiger partial charge in [-0.1, -0.05) is 48.6 Å². The third kappa shape index (κ3) is 3.26. The summed E-state index contributed by atoms with van der Waals surface area (Å²) < 4.78 is 12.7. The molecule has 0 aromatic heterocycles. The molecule has 2 rings (SSSR count). The minimum absolute atomic E-state index is 0.0575. The zero-order chi connectivity index (χ0) is 12.1. The third-order valence-corrected chi connectivity index (χ3v) is 2.50. The molecule has 0 radical (unpaired) electrons. The largest absolute Gasteiger partial charge is 0.392 e. The molecule has 0 aliphatic rings. The molecule has 0 spiro atoms. The Morgan fingerprint density at radius 3 is 1.76 bits per heavy atom. The van der Waals surface area contributed by atoms with Gasteiger partial charge in [0.25, 0.3) is 0 Å². The minimum Gasteiger partial charge on any atom is -0.392 e. The lowest BCUT2D eigenvalue weighted by Gasteiger charge is -1.97. The van der Waals surface area contributed by atoms with Gasteiger partial charge in [-0.25, -0.2) is 4.39 Å². The molecule has 1 nitrogen and oxygen atoms in total. The van der Waals surface area contributed by atoms with E-state index < -0.39 is 0 Å². The highest BCUT2D eigenvalue weighted by atomic mass is 19.1. The van der Waals surface area contributed by atoms with E-state index in [1.807, 2.05) is 36.4 Å². The van der Waals surface area contributed by atoms with Crippen LogP contribution in [0, 0.1) is 5.82 Å². The van der Waals surface area contributed by atoms with E-state index in [-0.39, 0.29) is 12.4 Å². The first-order valence-electron chi connectivity index (χ1n) is 5.41. The Balaban J connectivity index is 2.11. The summed E-state index contributed by atoms with van der Waals surface area (Å²) in [6, 6.07) is 14.0. The number of hydrogen-bond donors (Lipinski definition) is 1. The summed E-state index contributed by atoms with van der Waals surface area (Å²) in [5, 5.41) is 8.91. The van der Waals surface area contributed by atoms with E-state index in [2.05, 4.69) is 0 Å². The molecule has 2 aromatic carbocycles. The smallest absolute Gasteiger partial charge is 0.123 e. The van der Waals surface area contributed by atoms with Crippen LogP contribution in [0.3, 0.4) is 0 Å². The Bertz CT molecular complexity index is 497. The lowest BCUT2D eigenvalue weighted by molar-refractivity contribution is 0.282. The maximum atomic E-state index is 12.7. The van der Waals surface area contributed by atoms with Gasteiger partial charge in [0.2, 0.25) is 0 Å². The Morgan fingerprint density at radius 2 is 1.29 bits per heavy atom. The monoisotopic (exact) mass is 228 g/mol. The Kier molecular flexibility index (Phi) is 3.68. The SMILES string of the molecule is OCc1ccc(/C=C/c2ccc(F)cc2)cc1.